The molecule has 0 aliphatic heterocycles. The van der Waals surface area contributed by atoms with E-state index in [4.69, 9.17) is 5.11 Å². The Labute approximate surface area is 96.5 Å². The van der Waals surface area contributed by atoms with Gasteiger partial charge in [0.2, 0.25) is 0 Å². The quantitative estimate of drug-likeness (QED) is 0.811. The summed E-state index contributed by atoms with van der Waals surface area (Å²) in [4.78, 5) is 11.3. The van der Waals surface area contributed by atoms with Crippen LogP contribution in [-0.2, 0) is 12.7 Å². The molecule has 0 saturated carbocycles. The highest BCUT2D eigenvalue weighted by atomic mass is 19.4. The molecule has 1 heterocycles. The molecule has 1 aromatic heterocycles. The third-order valence-electron chi connectivity index (χ3n) is 2.37. The number of aliphatic hydroxyl groups is 1. The summed E-state index contributed by atoms with van der Waals surface area (Å²) >= 11 is 0. The summed E-state index contributed by atoms with van der Waals surface area (Å²) < 4.78 is 38.2. The molecule has 6 heteroatoms. The Balaban J connectivity index is 2.74. The normalized spacial score (nSPS) is 11.8. The highest BCUT2D eigenvalue weighted by molar-refractivity contribution is 5.13. The zero-order valence-electron chi connectivity index (χ0n) is 9.20. The smallest absolute Gasteiger partial charge is 0.396 e. The van der Waals surface area contributed by atoms with Crippen LogP contribution in [0.2, 0.25) is 0 Å². The summed E-state index contributed by atoms with van der Waals surface area (Å²) in [5.74, 6) is 0. The van der Waals surface area contributed by atoms with E-state index < -0.39 is 17.3 Å². The molecule has 96 valence electrons. The predicted molar refractivity (Wildman–Crippen MR) is 56.6 cm³/mol. The number of aryl methyl sites for hydroxylation is 1. The molecule has 0 atom stereocenters. The van der Waals surface area contributed by atoms with Gasteiger partial charge in [-0.05, 0) is 25.3 Å². The van der Waals surface area contributed by atoms with Crippen LogP contribution in [0.15, 0.2) is 23.1 Å². The topological polar surface area (TPSA) is 42.2 Å². The van der Waals surface area contributed by atoms with Crippen molar-refractivity contribution in [1.82, 2.24) is 4.57 Å². The number of nitrogens with zero attached hydrogens (tertiary/aromatic N) is 1. The van der Waals surface area contributed by atoms with Crippen molar-refractivity contribution < 1.29 is 18.3 Å². The highest BCUT2D eigenvalue weighted by Gasteiger charge is 2.30. The number of alkyl halides is 3. The molecular formula is C11H14F3NO2. The van der Waals surface area contributed by atoms with Crippen LogP contribution in [0.5, 0.6) is 0 Å². The van der Waals surface area contributed by atoms with Gasteiger partial charge in [0, 0.05) is 25.4 Å². The second kappa shape index (κ2) is 5.86. The molecule has 3 nitrogen and oxygen atoms in total. The lowest BCUT2D eigenvalue weighted by Crippen LogP contribution is -2.21. The number of aromatic nitrogens is 1. The van der Waals surface area contributed by atoms with E-state index in [1.807, 2.05) is 0 Å². The third-order valence-corrected chi connectivity index (χ3v) is 2.37. The maximum absolute atomic E-state index is 12.4. The molecule has 1 N–H and O–H groups in total. The van der Waals surface area contributed by atoms with Gasteiger partial charge in [-0.1, -0.05) is 0 Å². The van der Waals surface area contributed by atoms with E-state index in [1.54, 1.807) is 0 Å². The van der Waals surface area contributed by atoms with Gasteiger partial charge in [-0.15, -0.1) is 0 Å². The van der Waals surface area contributed by atoms with E-state index in [2.05, 4.69) is 0 Å². The van der Waals surface area contributed by atoms with Gasteiger partial charge < -0.3 is 9.67 Å². The van der Waals surface area contributed by atoms with Crippen molar-refractivity contribution in [3.8, 4) is 0 Å². The first kappa shape index (κ1) is 13.8. The molecule has 1 aromatic rings. The lowest BCUT2D eigenvalue weighted by Gasteiger charge is -2.10. The van der Waals surface area contributed by atoms with Crippen LogP contribution in [0.25, 0.3) is 0 Å². The van der Waals surface area contributed by atoms with Crippen molar-refractivity contribution in [3.05, 3.63) is 34.2 Å². The molecule has 0 spiro atoms. The summed E-state index contributed by atoms with van der Waals surface area (Å²) in [5.41, 5.74) is -1.26. The van der Waals surface area contributed by atoms with Crippen LogP contribution in [0.1, 0.15) is 24.8 Å². The fourth-order valence-electron chi connectivity index (χ4n) is 1.44. The Bertz CT molecular complexity index is 412. The van der Waals surface area contributed by atoms with Crippen molar-refractivity contribution in [3.63, 3.8) is 0 Å². The molecular weight excluding hydrogens is 235 g/mol. The van der Waals surface area contributed by atoms with E-state index >= 15 is 0 Å². The second-order valence-electron chi connectivity index (χ2n) is 3.73. The average Bonchev–Trinajstić information content (AvgIpc) is 2.25. The molecule has 0 aromatic carbocycles. The number of pyridine rings is 1. The van der Waals surface area contributed by atoms with E-state index in [9.17, 15) is 18.0 Å². The molecule has 0 aliphatic rings. The van der Waals surface area contributed by atoms with Crippen LogP contribution in [0.3, 0.4) is 0 Å². The van der Waals surface area contributed by atoms with Crippen LogP contribution < -0.4 is 5.56 Å². The minimum Gasteiger partial charge on any atom is -0.396 e. The molecule has 0 amide bonds. The van der Waals surface area contributed by atoms with Crippen molar-refractivity contribution in [1.29, 1.82) is 0 Å². The molecule has 0 aliphatic carbocycles. The Morgan fingerprint density at radius 2 is 1.88 bits per heavy atom. The summed E-state index contributed by atoms with van der Waals surface area (Å²) in [5, 5.41) is 8.55. The van der Waals surface area contributed by atoms with Crippen molar-refractivity contribution in [2.75, 3.05) is 6.61 Å². The summed E-state index contributed by atoms with van der Waals surface area (Å²) in [6, 6.07) is 1.71. The van der Waals surface area contributed by atoms with E-state index in [1.165, 1.54) is 0 Å². The Morgan fingerprint density at radius 1 is 1.18 bits per heavy atom. The van der Waals surface area contributed by atoms with Gasteiger partial charge in [-0.2, -0.15) is 13.2 Å². The zero-order chi connectivity index (χ0) is 12.9. The summed E-state index contributed by atoms with van der Waals surface area (Å²) in [6.07, 6.45) is -1.75. The number of hydrogen-bond acceptors (Lipinski definition) is 2. The van der Waals surface area contributed by atoms with E-state index in [-0.39, 0.29) is 13.2 Å². The minimum atomic E-state index is -4.43. The van der Waals surface area contributed by atoms with Crippen LogP contribution >= 0.6 is 0 Å². The maximum Gasteiger partial charge on any atom is 0.417 e. The van der Waals surface area contributed by atoms with Gasteiger partial charge >= 0.3 is 6.18 Å². The first-order valence-corrected chi connectivity index (χ1v) is 5.33. The van der Waals surface area contributed by atoms with Crippen molar-refractivity contribution in [2.45, 2.75) is 32.0 Å². The number of halogens is 3. The standard InChI is InChI=1S/C11H14F3NO2/c12-11(13,14)9-4-5-10(17)15(8-9)6-2-1-3-7-16/h4-5,8,16H,1-3,6-7H2. The second-order valence-corrected chi connectivity index (χ2v) is 3.73. The van der Waals surface area contributed by atoms with Crippen molar-refractivity contribution in [2.24, 2.45) is 0 Å². The molecule has 0 saturated heterocycles. The highest BCUT2D eigenvalue weighted by Crippen LogP contribution is 2.28. The van der Waals surface area contributed by atoms with Gasteiger partial charge in [-0.25, -0.2) is 0 Å². The van der Waals surface area contributed by atoms with E-state index in [0.717, 1.165) is 22.9 Å². The lowest BCUT2D eigenvalue weighted by molar-refractivity contribution is -0.138. The molecule has 1 rings (SSSR count). The number of rotatable bonds is 5. The van der Waals surface area contributed by atoms with Gasteiger partial charge in [0.25, 0.3) is 5.56 Å². The van der Waals surface area contributed by atoms with E-state index in [0.29, 0.717) is 19.3 Å². The Kier molecular flexibility index (Phi) is 4.74. The average molecular weight is 249 g/mol. The maximum atomic E-state index is 12.4. The molecule has 0 radical (unpaired) electrons. The monoisotopic (exact) mass is 249 g/mol. The fourth-order valence-corrected chi connectivity index (χ4v) is 1.44. The lowest BCUT2D eigenvalue weighted by atomic mass is 10.2. The molecule has 0 bridgehead atoms. The summed E-state index contributed by atoms with van der Waals surface area (Å²) in [7, 11) is 0. The Hall–Kier alpha value is -1.30. The fraction of sp³-hybridized carbons (Fsp3) is 0.545. The number of aliphatic hydroxyl groups excluding tert-OH is 1. The van der Waals surface area contributed by atoms with Gasteiger partial charge in [0.15, 0.2) is 0 Å². The predicted octanol–water partition coefficient (Wildman–Crippen LogP) is 2.03. The van der Waals surface area contributed by atoms with Crippen LogP contribution in [0.4, 0.5) is 13.2 Å². The number of unbranched alkanes of at least 4 members (excludes halogenated alkanes) is 2. The van der Waals surface area contributed by atoms with Gasteiger partial charge in [0.1, 0.15) is 0 Å². The van der Waals surface area contributed by atoms with Gasteiger partial charge in [0.05, 0.1) is 5.56 Å². The molecule has 0 fully saturated rings. The number of hydrogen-bond donors (Lipinski definition) is 1. The third kappa shape index (κ3) is 4.22. The molecule has 17 heavy (non-hydrogen) atoms. The van der Waals surface area contributed by atoms with Gasteiger partial charge in [-0.3, -0.25) is 4.79 Å². The zero-order valence-corrected chi connectivity index (χ0v) is 9.20. The summed E-state index contributed by atoms with van der Waals surface area (Å²) in [6.45, 7) is 0.292. The first-order valence-electron chi connectivity index (χ1n) is 5.33. The largest absolute Gasteiger partial charge is 0.417 e. The molecule has 0 unspecified atom stereocenters. The van der Waals surface area contributed by atoms with Crippen LogP contribution in [-0.4, -0.2) is 16.3 Å². The van der Waals surface area contributed by atoms with Crippen molar-refractivity contribution >= 4 is 0 Å². The van der Waals surface area contributed by atoms with Crippen LogP contribution in [0, 0.1) is 0 Å². The SMILES string of the molecule is O=c1ccc(C(F)(F)F)cn1CCCCCO. The Morgan fingerprint density at radius 3 is 2.47 bits per heavy atom. The first-order chi connectivity index (χ1) is 7.95. The minimum absolute atomic E-state index is 0.0531.